The van der Waals surface area contributed by atoms with Gasteiger partial charge in [-0.1, -0.05) is 0 Å². The lowest BCUT2D eigenvalue weighted by molar-refractivity contribution is -0.302. The Bertz CT molecular complexity index is 202. The largest absolute Gasteiger partial charge is 0.385 e. The molecule has 0 spiro atoms. The summed E-state index contributed by atoms with van der Waals surface area (Å²) in [6.07, 6.45) is -0.671. The van der Waals surface area contributed by atoms with Crippen LogP contribution in [-0.4, -0.2) is 61.6 Å². The first-order valence-electron chi connectivity index (χ1n) is 6.08. The first kappa shape index (κ1) is 14.8. The van der Waals surface area contributed by atoms with Gasteiger partial charge in [-0.2, -0.15) is 5.06 Å². The molecule has 0 aliphatic carbocycles. The van der Waals surface area contributed by atoms with Crippen LogP contribution in [0.15, 0.2) is 0 Å². The highest BCUT2D eigenvalue weighted by atomic mass is 16.8. The van der Waals surface area contributed by atoms with Crippen LogP contribution < -0.4 is 5.32 Å². The van der Waals surface area contributed by atoms with Crippen molar-refractivity contribution in [3.63, 3.8) is 0 Å². The molecule has 1 saturated heterocycles. The van der Waals surface area contributed by atoms with Crippen molar-refractivity contribution < 1.29 is 19.4 Å². The van der Waals surface area contributed by atoms with Crippen LogP contribution in [0.3, 0.4) is 0 Å². The van der Waals surface area contributed by atoms with Crippen LogP contribution in [0.2, 0.25) is 0 Å². The standard InChI is InChI=1S/C11H24N2O4/c1-4-15-10(11(2,3)14)16-9-17-13-7-5-12-6-8-13/h10,12,14H,4-9H2,1-3H3. The van der Waals surface area contributed by atoms with Crippen LogP contribution in [0.5, 0.6) is 0 Å². The van der Waals surface area contributed by atoms with E-state index < -0.39 is 11.9 Å². The lowest BCUT2D eigenvalue weighted by Gasteiger charge is -2.31. The molecule has 0 aromatic rings. The van der Waals surface area contributed by atoms with Crippen LogP contribution in [0.4, 0.5) is 0 Å². The Kier molecular flexibility index (Phi) is 6.32. The van der Waals surface area contributed by atoms with E-state index in [2.05, 4.69) is 5.32 Å². The van der Waals surface area contributed by atoms with Gasteiger partial charge in [0, 0.05) is 32.8 Å². The van der Waals surface area contributed by atoms with Crippen LogP contribution in [0.25, 0.3) is 0 Å². The molecule has 1 rings (SSSR count). The highest BCUT2D eigenvalue weighted by Crippen LogP contribution is 2.14. The van der Waals surface area contributed by atoms with Gasteiger partial charge in [0.05, 0.1) is 0 Å². The summed E-state index contributed by atoms with van der Waals surface area (Å²) >= 11 is 0. The third-order valence-electron chi connectivity index (χ3n) is 2.43. The smallest absolute Gasteiger partial charge is 0.188 e. The molecule has 0 bridgehead atoms. The van der Waals surface area contributed by atoms with E-state index in [0.29, 0.717) is 6.61 Å². The zero-order valence-electron chi connectivity index (χ0n) is 10.9. The molecule has 1 aliphatic rings. The molecule has 1 aliphatic heterocycles. The zero-order valence-corrected chi connectivity index (χ0v) is 10.9. The lowest BCUT2D eigenvalue weighted by atomic mass is 10.1. The van der Waals surface area contributed by atoms with Gasteiger partial charge >= 0.3 is 0 Å². The minimum Gasteiger partial charge on any atom is -0.385 e. The normalized spacial score (nSPS) is 20.5. The number of hydrogen-bond acceptors (Lipinski definition) is 6. The molecule has 0 radical (unpaired) electrons. The molecular weight excluding hydrogens is 224 g/mol. The minimum absolute atomic E-state index is 0.0919. The molecule has 0 aromatic carbocycles. The maximum absolute atomic E-state index is 9.82. The topological polar surface area (TPSA) is 63.2 Å². The summed E-state index contributed by atoms with van der Waals surface area (Å²) < 4.78 is 10.7. The van der Waals surface area contributed by atoms with Crippen LogP contribution in [-0.2, 0) is 14.3 Å². The number of piperazine rings is 1. The summed E-state index contributed by atoms with van der Waals surface area (Å²) in [4.78, 5) is 5.43. The Morgan fingerprint density at radius 3 is 2.47 bits per heavy atom. The van der Waals surface area contributed by atoms with Crippen molar-refractivity contribution in [3.8, 4) is 0 Å². The first-order valence-corrected chi connectivity index (χ1v) is 6.08. The number of aliphatic hydroxyl groups is 1. The van der Waals surface area contributed by atoms with Crippen molar-refractivity contribution in [1.82, 2.24) is 10.4 Å². The number of nitrogens with one attached hydrogen (secondary N) is 1. The highest BCUT2D eigenvalue weighted by molar-refractivity contribution is 4.69. The number of hydrogen-bond donors (Lipinski definition) is 2. The second-order valence-electron chi connectivity index (χ2n) is 4.53. The van der Waals surface area contributed by atoms with E-state index in [4.69, 9.17) is 14.3 Å². The zero-order chi connectivity index (χ0) is 12.7. The van der Waals surface area contributed by atoms with E-state index >= 15 is 0 Å². The highest BCUT2D eigenvalue weighted by Gasteiger charge is 2.28. The van der Waals surface area contributed by atoms with Crippen LogP contribution >= 0.6 is 0 Å². The van der Waals surface area contributed by atoms with Gasteiger partial charge < -0.3 is 19.9 Å². The average Bonchev–Trinajstić information content (AvgIpc) is 2.28. The summed E-state index contributed by atoms with van der Waals surface area (Å²) in [5, 5.41) is 14.9. The second kappa shape index (κ2) is 7.25. The Hall–Kier alpha value is -0.240. The quantitative estimate of drug-likeness (QED) is 0.615. The Morgan fingerprint density at radius 1 is 1.29 bits per heavy atom. The van der Waals surface area contributed by atoms with E-state index in [1.807, 2.05) is 12.0 Å². The predicted molar refractivity (Wildman–Crippen MR) is 63.2 cm³/mol. The molecule has 1 unspecified atom stereocenters. The van der Waals surface area contributed by atoms with Gasteiger partial charge in [0.25, 0.3) is 0 Å². The third kappa shape index (κ3) is 5.76. The molecule has 102 valence electrons. The Balaban J connectivity index is 2.21. The molecule has 0 aromatic heterocycles. The SMILES string of the molecule is CCOC(OCON1CCNCC1)C(C)(C)O. The van der Waals surface area contributed by atoms with Gasteiger partial charge in [0.2, 0.25) is 0 Å². The number of rotatable bonds is 7. The first-order chi connectivity index (χ1) is 8.04. The Morgan fingerprint density at radius 2 is 1.94 bits per heavy atom. The number of nitrogens with zero attached hydrogens (tertiary/aromatic N) is 1. The fourth-order valence-corrected chi connectivity index (χ4v) is 1.55. The summed E-state index contributed by atoms with van der Waals surface area (Å²) in [6.45, 7) is 9.25. The summed E-state index contributed by atoms with van der Waals surface area (Å²) in [5.41, 5.74) is -1.04. The maximum Gasteiger partial charge on any atom is 0.188 e. The molecule has 0 amide bonds. The predicted octanol–water partition coefficient (Wildman–Crippen LogP) is -0.0692. The molecule has 1 fully saturated rings. The van der Waals surface area contributed by atoms with Crippen molar-refractivity contribution >= 4 is 0 Å². The third-order valence-corrected chi connectivity index (χ3v) is 2.43. The van der Waals surface area contributed by atoms with E-state index in [1.54, 1.807) is 13.8 Å². The maximum atomic E-state index is 9.82. The van der Waals surface area contributed by atoms with Gasteiger partial charge in [-0.05, 0) is 20.8 Å². The summed E-state index contributed by atoms with van der Waals surface area (Å²) in [6, 6.07) is 0. The van der Waals surface area contributed by atoms with Crippen molar-refractivity contribution in [3.05, 3.63) is 0 Å². The molecule has 1 heterocycles. The van der Waals surface area contributed by atoms with Crippen molar-refractivity contribution in [2.24, 2.45) is 0 Å². The van der Waals surface area contributed by atoms with Crippen LogP contribution in [0.1, 0.15) is 20.8 Å². The minimum atomic E-state index is -1.04. The fourth-order valence-electron chi connectivity index (χ4n) is 1.55. The van der Waals surface area contributed by atoms with Crippen molar-refractivity contribution in [2.45, 2.75) is 32.7 Å². The van der Waals surface area contributed by atoms with E-state index in [-0.39, 0.29) is 6.79 Å². The molecule has 6 heteroatoms. The van der Waals surface area contributed by atoms with Crippen LogP contribution in [0, 0.1) is 0 Å². The van der Waals surface area contributed by atoms with Crippen molar-refractivity contribution in [1.29, 1.82) is 0 Å². The molecule has 0 saturated carbocycles. The fraction of sp³-hybridized carbons (Fsp3) is 1.00. The van der Waals surface area contributed by atoms with Crippen molar-refractivity contribution in [2.75, 3.05) is 39.6 Å². The number of hydroxylamine groups is 2. The monoisotopic (exact) mass is 248 g/mol. The lowest BCUT2D eigenvalue weighted by Crippen LogP contribution is -2.45. The molecule has 6 nitrogen and oxygen atoms in total. The van der Waals surface area contributed by atoms with Gasteiger partial charge in [0.1, 0.15) is 5.60 Å². The average molecular weight is 248 g/mol. The Labute approximate surface area is 103 Å². The van der Waals surface area contributed by atoms with Gasteiger partial charge in [-0.15, -0.1) is 0 Å². The molecule has 2 N–H and O–H groups in total. The van der Waals surface area contributed by atoms with E-state index in [0.717, 1.165) is 26.2 Å². The molecule has 17 heavy (non-hydrogen) atoms. The molecule has 1 atom stereocenters. The molecular formula is C11H24N2O4. The van der Waals surface area contributed by atoms with Gasteiger partial charge in [-0.25, -0.2) is 0 Å². The number of ether oxygens (including phenoxy) is 2. The van der Waals surface area contributed by atoms with Gasteiger partial charge in [-0.3, -0.25) is 4.84 Å². The van der Waals surface area contributed by atoms with Gasteiger partial charge in [0.15, 0.2) is 13.1 Å². The summed E-state index contributed by atoms with van der Waals surface area (Å²) in [5.74, 6) is 0. The van der Waals surface area contributed by atoms with E-state index in [1.165, 1.54) is 0 Å². The summed E-state index contributed by atoms with van der Waals surface area (Å²) in [7, 11) is 0. The van der Waals surface area contributed by atoms with E-state index in [9.17, 15) is 5.11 Å². The second-order valence-corrected chi connectivity index (χ2v) is 4.53.